The van der Waals surface area contributed by atoms with Gasteiger partial charge in [0.1, 0.15) is 12.3 Å². The van der Waals surface area contributed by atoms with Gasteiger partial charge in [-0.2, -0.15) is 0 Å². The smallest absolute Gasteiger partial charge is 0.323 e. The zero-order valence-electron chi connectivity index (χ0n) is 14.4. The van der Waals surface area contributed by atoms with Crippen molar-refractivity contribution in [3.8, 4) is 0 Å². The Bertz CT molecular complexity index is 961. The highest BCUT2D eigenvalue weighted by atomic mass is 32.2. The van der Waals surface area contributed by atoms with Gasteiger partial charge in [0, 0.05) is 24.1 Å². The first-order chi connectivity index (χ1) is 13.1. The van der Waals surface area contributed by atoms with E-state index in [0.29, 0.717) is 16.2 Å². The summed E-state index contributed by atoms with van der Waals surface area (Å²) in [5, 5.41) is 22.0. The summed E-state index contributed by atoms with van der Waals surface area (Å²) in [5.41, 5.74) is 1.57. The van der Waals surface area contributed by atoms with Crippen LogP contribution in [0.1, 0.15) is 12.5 Å². The second kappa shape index (κ2) is 8.49. The number of aromatic nitrogens is 2. The summed E-state index contributed by atoms with van der Waals surface area (Å²) in [4.78, 5) is 22.6. The van der Waals surface area contributed by atoms with Crippen molar-refractivity contribution in [2.24, 2.45) is 0 Å². The Labute approximate surface area is 158 Å². The van der Waals surface area contributed by atoms with E-state index in [1.807, 2.05) is 30.3 Å². The molecule has 0 aliphatic carbocycles. The van der Waals surface area contributed by atoms with Crippen LogP contribution in [0, 0.1) is 10.1 Å². The van der Waals surface area contributed by atoms with E-state index in [1.165, 1.54) is 18.7 Å². The molecular weight excluding hydrogens is 372 g/mol. The molecule has 0 spiro atoms. The Balaban J connectivity index is 1.88. The number of carbonyl (C=O) groups excluding carboxylic acids is 1. The van der Waals surface area contributed by atoms with Gasteiger partial charge < -0.3 is 10.1 Å². The minimum atomic E-state index is -0.535. The maximum Gasteiger partial charge on any atom is 0.323 e. The predicted octanol–water partition coefficient (Wildman–Crippen LogP) is 3.40. The molecule has 3 rings (SSSR count). The number of nitro benzene ring substituents is 1. The van der Waals surface area contributed by atoms with Crippen molar-refractivity contribution in [2.45, 2.75) is 17.6 Å². The lowest BCUT2D eigenvalue weighted by Gasteiger charge is -2.10. The van der Waals surface area contributed by atoms with Crippen molar-refractivity contribution in [3.05, 3.63) is 52.1 Å². The number of nitrogens with one attached hydrogen (secondary N) is 1. The number of ether oxygens (including phenoxy) is 1. The molecule has 27 heavy (non-hydrogen) atoms. The molecule has 0 saturated heterocycles. The molecule has 1 aromatic heterocycles. The number of esters is 1. The molecule has 0 fully saturated rings. The number of nitrogens with zero attached hydrogens (tertiary/aromatic N) is 3. The standard InChI is InChI=1S/C17H16N4O5S/c1-11(22)25-8-7-18-13-9-14(27-10-12-5-3-2-4-6-12)15-16(20-26-19-15)17(13)21(23)24/h2-6,9,18H,7-8,10H2,1H3. The van der Waals surface area contributed by atoms with Crippen molar-refractivity contribution in [1.29, 1.82) is 0 Å². The molecular formula is C17H16N4O5S. The Hall–Kier alpha value is -3.14. The number of benzene rings is 2. The van der Waals surface area contributed by atoms with E-state index < -0.39 is 10.9 Å². The average molecular weight is 388 g/mol. The molecule has 0 saturated carbocycles. The van der Waals surface area contributed by atoms with E-state index >= 15 is 0 Å². The lowest BCUT2D eigenvalue weighted by atomic mass is 10.2. The number of nitro groups is 1. The number of hydrogen-bond acceptors (Lipinski definition) is 9. The third kappa shape index (κ3) is 4.53. The van der Waals surface area contributed by atoms with Gasteiger partial charge in [-0.3, -0.25) is 14.9 Å². The van der Waals surface area contributed by atoms with Crippen molar-refractivity contribution < 1.29 is 19.1 Å². The van der Waals surface area contributed by atoms with Crippen LogP contribution in [0.3, 0.4) is 0 Å². The fraction of sp³-hybridized carbons (Fsp3) is 0.235. The summed E-state index contributed by atoms with van der Waals surface area (Å²) in [6, 6.07) is 11.5. The van der Waals surface area contributed by atoms with E-state index in [4.69, 9.17) is 9.37 Å². The summed E-state index contributed by atoms with van der Waals surface area (Å²) in [5.74, 6) is 0.245. The molecule has 0 unspecified atom stereocenters. The van der Waals surface area contributed by atoms with Crippen LogP contribution in [0.5, 0.6) is 0 Å². The average Bonchev–Trinajstić information content (AvgIpc) is 3.13. The molecule has 9 nitrogen and oxygen atoms in total. The molecule has 0 aliphatic rings. The fourth-order valence-corrected chi connectivity index (χ4v) is 3.43. The van der Waals surface area contributed by atoms with Gasteiger partial charge in [0.05, 0.1) is 4.92 Å². The van der Waals surface area contributed by atoms with Crippen molar-refractivity contribution >= 4 is 40.1 Å². The van der Waals surface area contributed by atoms with Crippen LogP contribution < -0.4 is 5.32 Å². The summed E-state index contributed by atoms with van der Waals surface area (Å²) in [6.07, 6.45) is 0. The molecule has 1 N–H and O–H groups in total. The maximum atomic E-state index is 11.5. The van der Waals surface area contributed by atoms with Gasteiger partial charge in [-0.05, 0) is 21.9 Å². The second-order valence-corrected chi connectivity index (χ2v) is 6.55. The van der Waals surface area contributed by atoms with Gasteiger partial charge in [0.15, 0.2) is 5.52 Å². The van der Waals surface area contributed by atoms with Gasteiger partial charge in [0.25, 0.3) is 0 Å². The van der Waals surface area contributed by atoms with E-state index in [1.54, 1.807) is 6.07 Å². The molecule has 0 bridgehead atoms. The van der Waals surface area contributed by atoms with E-state index in [-0.39, 0.29) is 30.0 Å². The van der Waals surface area contributed by atoms with Gasteiger partial charge in [-0.15, -0.1) is 11.8 Å². The zero-order chi connectivity index (χ0) is 19.2. The van der Waals surface area contributed by atoms with Gasteiger partial charge >= 0.3 is 11.7 Å². The largest absolute Gasteiger partial charge is 0.464 e. The molecule has 0 radical (unpaired) electrons. The monoisotopic (exact) mass is 388 g/mol. The molecule has 0 aliphatic heterocycles. The van der Waals surface area contributed by atoms with Crippen LogP contribution in [-0.2, 0) is 15.3 Å². The Morgan fingerprint density at radius 3 is 2.74 bits per heavy atom. The third-order valence-corrected chi connectivity index (χ3v) is 4.72. The molecule has 0 atom stereocenters. The van der Waals surface area contributed by atoms with Gasteiger partial charge in [0.2, 0.25) is 5.52 Å². The minimum Gasteiger partial charge on any atom is -0.464 e. The van der Waals surface area contributed by atoms with Crippen LogP contribution in [0.2, 0.25) is 0 Å². The SMILES string of the molecule is CC(=O)OCCNc1cc(SCc2ccccc2)c2nonc2c1[N+](=O)[O-]. The van der Waals surface area contributed by atoms with Crippen molar-refractivity contribution in [3.63, 3.8) is 0 Å². The number of thioether (sulfide) groups is 1. The normalized spacial score (nSPS) is 10.7. The van der Waals surface area contributed by atoms with E-state index in [9.17, 15) is 14.9 Å². The van der Waals surface area contributed by atoms with Crippen LogP contribution in [0.25, 0.3) is 11.0 Å². The topological polar surface area (TPSA) is 120 Å². The van der Waals surface area contributed by atoms with Crippen molar-refractivity contribution in [1.82, 2.24) is 10.3 Å². The Morgan fingerprint density at radius 1 is 1.30 bits per heavy atom. The Morgan fingerprint density at radius 2 is 2.04 bits per heavy atom. The number of fused-ring (bicyclic) bond motifs is 1. The quantitative estimate of drug-likeness (QED) is 0.203. The maximum absolute atomic E-state index is 11.5. The van der Waals surface area contributed by atoms with Crippen LogP contribution in [0.15, 0.2) is 45.9 Å². The first-order valence-corrected chi connectivity index (χ1v) is 9.02. The summed E-state index contributed by atoms with van der Waals surface area (Å²) in [7, 11) is 0. The lowest BCUT2D eigenvalue weighted by molar-refractivity contribution is -0.382. The minimum absolute atomic E-state index is 0.0769. The van der Waals surface area contributed by atoms with Crippen LogP contribution in [0.4, 0.5) is 11.4 Å². The van der Waals surface area contributed by atoms with Gasteiger partial charge in [-0.1, -0.05) is 30.3 Å². The number of anilines is 1. The van der Waals surface area contributed by atoms with E-state index in [0.717, 1.165) is 5.56 Å². The fourth-order valence-electron chi connectivity index (χ4n) is 2.45. The molecule has 140 valence electrons. The zero-order valence-corrected chi connectivity index (χ0v) is 15.2. The van der Waals surface area contributed by atoms with E-state index in [2.05, 4.69) is 15.6 Å². The highest BCUT2D eigenvalue weighted by Gasteiger charge is 2.25. The lowest BCUT2D eigenvalue weighted by Crippen LogP contribution is -2.13. The van der Waals surface area contributed by atoms with Gasteiger partial charge in [-0.25, -0.2) is 4.63 Å². The highest BCUT2D eigenvalue weighted by Crippen LogP contribution is 2.39. The first-order valence-electron chi connectivity index (χ1n) is 8.04. The van der Waals surface area contributed by atoms with Crippen LogP contribution >= 0.6 is 11.8 Å². The van der Waals surface area contributed by atoms with Crippen molar-refractivity contribution in [2.75, 3.05) is 18.5 Å². The summed E-state index contributed by atoms with van der Waals surface area (Å²) >= 11 is 1.48. The molecule has 0 amide bonds. The Kier molecular flexibility index (Phi) is 5.87. The number of hydrogen-bond donors (Lipinski definition) is 1. The summed E-state index contributed by atoms with van der Waals surface area (Å²) in [6.45, 7) is 1.61. The van der Waals surface area contributed by atoms with Crippen LogP contribution in [-0.4, -0.2) is 34.4 Å². The molecule has 3 aromatic rings. The number of rotatable bonds is 8. The first kappa shape index (κ1) is 18.6. The second-order valence-electron chi connectivity index (χ2n) is 5.53. The molecule has 1 heterocycles. The summed E-state index contributed by atoms with van der Waals surface area (Å²) < 4.78 is 9.59. The molecule has 10 heteroatoms. The predicted molar refractivity (Wildman–Crippen MR) is 99.6 cm³/mol. The number of carbonyl (C=O) groups is 1. The molecule has 2 aromatic carbocycles. The highest BCUT2D eigenvalue weighted by molar-refractivity contribution is 7.98. The third-order valence-electron chi connectivity index (χ3n) is 3.62.